The van der Waals surface area contributed by atoms with Crippen molar-refractivity contribution in [3.05, 3.63) is 58.4 Å². The van der Waals surface area contributed by atoms with E-state index in [1.165, 1.54) is 0 Å². The van der Waals surface area contributed by atoms with Gasteiger partial charge in [0.05, 0.1) is 10.4 Å². The van der Waals surface area contributed by atoms with Crippen molar-refractivity contribution in [1.29, 1.82) is 0 Å². The molecule has 0 aliphatic carbocycles. The lowest BCUT2D eigenvalue weighted by atomic mass is 9.74. The normalized spacial score (nSPS) is 19.6. The molecule has 2 aromatic carbocycles. The Hall–Kier alpha value is -1.95. The molecule has 6 heteroatoms. The van der Waals surface area contributed by atoms with E-state index in [2.05, 4.69) is 17.3 Å². The van der Waals surface area contributed by atoms with Crippen LogP contribution < -0.4 is 5.32 Å². The SMILES string of the molecule is Cc1ccc(Cl)c(-c2cccc(CC3(C(=O)NC4CCN(C)CC4)CCOCC3)c2)c1F. The minimum absolute atomic E-state index is 0.125. The summed E-state index contributed by atoms with van der Waals surface area (Å²) in [5.41, 5.74) is 2.24. The molecule has 2 aliphatic rings. The summed E-state index contributed by atoms with van der Waals surface area (Å²) < 4.78 is 20.5. The lowest BCUT2D eigenvalue weighted by Gasteiger charge is -2.38. The third-order valence-corrected chi connectivity index (χ3v) is 7.34. The van der Waals surface area contributed by atoms with Gasteiger partial charge in [0.25, 0.3) is 0 Å². The van der Waals surface area contributed by atoms with Crippen LogP contribution in [0.4, 0.5) is 4.39 Å². The second kappa shape index (κ2) is 9.90. The first-order chi connectivity index (χ1) is 15.4. The number of amides is 1. The fourth-order valence-corrected chi connectivity index (χ4v) is 5.14. The lowest BCUT2D eigenvalue weighted by molar-refractivity contribution is -0.137. The van der Waals surface area contributed by atoms with E-state index in [1.807, 2.05) is 24.3 Å². The van der Waals surface area contributed by atoms with E-state index < -0.39 is 5.41 Å². The molecule has 2 aromatic rings. The summed E-state index contributed by atoms with van der Waals surface area (Å²) >= 11 is 6.35. The van der Waals surface area contributed by atoms with Gasteiger partial charge in [0.2, 0.25) is 5.91 Å². The second-order valence-corrected chi connectivity index (χ2v) is 9.78. The maximum Gasteiger partial charge on any atom is 0.226 e. The third kappa shape index (κ3) is 5.00. The molecule has 2 fully saturated rings. The van der Waals surface area contributed by atoms with Crippen LogP contribution in [0.3, 0.4) is 0 Å². The highest BCUT2D eigenvalue weighted by atomic mass is 35.5. The van der Waals surface area contributed by atoms with E-state index in [1.54, 1.807) is 19.1 Å². The predicted molar refractivity (Wildman–Crippen MR) is 126 cm³/mol. The van der Waals surface area contributed by atoms with Gasteiger partial charge < -0.3 is 15.0 Å². The standard InChI is InChI=1S/C26H32ClFN2O2/c1-18-6-7-22(27)23(24(18)28)20-5-3-4-19(16-20)17-26(10-14-32-15-11-26)25(31)29-21-8-12-30(2)13-9-21/h3-7,16,21H,8-15,17H2,1-2H3,(H,29,31). The third-order valence-electron chi connectivity index (χ3n) is 7.03. The molecule has 0 aromatic heterocycles. The summed E-state index contributed by atoms with van der Waals surface area (Å²) in [6.07, 6.45) is 3.95. The molecule has 1 N–H and O–H groups in total. The van der Waals surface area contributed by atoms with E-state index in [0.29, 0.717) is 48.6 Å². The number of rotatable bonds is 5. The molecule has 0 radical (unpaired) electrons. The molecule has 1 amide bonds. The first-order valence-corrected chi connectivity index (χ1v) is 11.9. The van der Waals surface area contributed by atoms with Gasteiger partial charge in [0.1, 0.15) is 5.82 Å². The van der Waals surface area contributed by atoms with Crippen LogP contribution >= 0.6 is 11.6 Å². The molecule has 0 bridgehead atoms. The van der Waals surface area contributed by atoms with Gasteiger partial charge in [-0.05, 0) is 81.9 Å². The van der Waals surface area contributed by atoms with Gasteiger partial charge in [0.15, 0.2) is 0 Å². The number of carbonyl (C=O) groups excluding carboxylic acids is 1. The van der Waals surface area contributed by atoms with Crippen molar-refractivity contribution in [2.24, 2.45) is 5.41 Å². The van der Waals surface area contributed by atoms with Crippen molar-refractivity contribution in [3.8, 4) is 11.1 Å². The van der Waals surface area contributed by atoms with Crippen LogP contribution in [0.25, 0.3) is 11.1 Å². The zero-order valence-electron chi connectivity index (χ0n) is 18.9. The molecular weight excluding hydrogens is 427 g/mol. The number of halogens is 2. The van der Waals surface area contributed by atoms with Crippen molar-refractivity contribution in [3.63, 3.8) is 0 Å². The summed E-state index contributed by atoms with van der Waals surface area (Å²) in [7, 11) is 2.12. The van der Waals surface area contributed by atoms with Gasteiger partial charge in [-0.3, -0.25) is 4.79 Å². The Morgan fingerprint density at radius 2 is 1.94 bits per heavy atom. The van der Waals surface area contributed by atoms with Gasteiger partial charge in [0, 0.05) is 24.8 Å². The van der Waals surface area contributed by atoms with Crippen molar-refractivity contribution in [2.75, 3.05) is 33.4 Å². The minimum Gasteiger partial charge on any atom is -0.381 e. The van der Waals surface area contributed by atoms with Crippen LogP contribution in [0.5, 0.6) is 0 Å². The molecule has 0 atom stereocenters. The maximum atomic E-state index is 14.9. The summed E-state index contributed by atoms with van der Waals surface area (Å²) in [4.78, 5) is 15.8. The fraction of sp³-hybridized carbons (Fsp3) is 0.500. The van der Waals surface area contributed by atoms with Gasteiger partial charge in [-0.1, -0.05) is 41.9 Å². The van der Waals surface area contributed by atoms with Crippen molar-refractivity contribution < 1.29 is 13.9 Å². The van der Waals surface area contributed by atoms with E-state index in [9.17, 15) is 9.18 Å². The van der Waals surface area contributed by atoms with Crippen LogP contribution in [0.2, 0.25) is 5.02 Å². The number of hydrogen-bond acceptors (Lipinski definition) is 3. The Balaban J connectivity index is 1.58. The molecule has 172 valence electrons. The van der Waals surface area contributed by atoms with Gasteiger partial charge in [-0.2, -0.15) is 0 Å². The number of nitrogens with one attached hydrogen (secondary N) is 1. The summed E-state index contributed by atoms with van der Waals surface area (Å²) in [5, 5.41) is 3.73. The van der Waals surface area contributed by atoms with Crippen molar-refractivity contribution >= 4 is 17.5 Å². The molecule has 32 heavy (non-hydrogen) atoms. The highest BCUT2D eigenvalue weighted by molar-refractivity contribution is 6.33. The number of carbonyl (C=O) groups is 1. The lowest BCUT2D eigenvalue weighted by Crippen LogP contribution is -2.51. The molecule has 0 saturated carbocycles. The number of nitrogens with zero attached hydrogens (tertiary/aromatic N) is 1. The van der Waals surface area contributed by atoms with Crippen molar-refractivity contribution in [2.45, 2.75) is 45.1 Å². The quantitative estimate of drug-likeness (QED) is 0.685. The predicted octanol–water partition coefficient (Wildman–Crippen LogP) is 5.00. The summed E-state index contributed by atoms with van der Waals surface area (Å²) in [5.74, 6) is -0.170. The van der Waals surface area contributed by atoms with Crippen LogP contribution in [-0.4, -0.2) is 50.2 Å². The fourth-order valence-electron chi connectivity index (χ4n) is 4.89. The van der Waals surface area contributed by atoms with E-state index in [0.717, 1.165) is 37.1 Å². The van der Waals surface area contributed by atoms with Gasteiger partial charge >= 0.3 is 0 Å². The van der Waals surface area contributed by atoms with Crippen LogP contribution in [0, 0.1) is 18.2 Å². The number of likely N-dealkylation sites (tertiary alicyclic amines) is 1. The Morgan fingerprint density at radius 1 is 1.22 bits per heavy atom. The van der Waals surface area contributed by atoms with Crippen LogP contribution in [0.1, 0.15) is 36.8 Å². The van der Waals surface area contributed by atoms with Gasteiger partial charge in [-0.15, -0.1) is 0 Å². The maximum absolute atomic E-state index is 14.9. The molecule has 2 aliphatic heterocycles. The molecule has 4 rings (SSSR count). The first-order valence-electron chi connectivity index (χ1n) is 11.5. The minimum atomic E-state index is -0.505. The monoisotopic (exact) mass is 458 g/mol. The molecule has 2 saturated heterocycles. The topological polar surface area (TPSA) is 41.6 Å². The summed E-state index contributed by atoms with van der Waals surface area (Å²) in [6.45, 7) is 4.92. The highest BCUT2D eigenvalue weighted by Gasteiger charge is 2.41. The zero-order chi connectivity index (χ0) is 22.7. The molecule has 4 nitrogen and oxygen atoms in total. The number of benzene rings is 2. The van der Waals surface area contributed by atoms with Crippen LogP contribution in [-0.2, 0) is 16.0 Å². The number of piperidine rings is 1. The molecule has 0 unspecified atom stereocenters. The second-order valence-electron chi connectivity index (χ2n) is 9.37. The van der Waals surface area contributed by atoms with E-state index in [4.69, 9.17) is 16.3 Å². The average Bonchev–Trinajstić information content (AvgIpc) is 2.79. The van der Waals surface area contributed by atoms with E-state index >= 15 is 0 Å². The molecule has 0 spiro atoms. The Kier molecular flexibility index (Phi) is 7.18. The summed E-state index contributed by atoms with van der Waals surface area (Å²) in [6, 6.07) is 11.4. The number of ether oxygens (including phenoxy) is 1. The van der Waals surface area contributed by atoms with Crippen molar-refractivity contribution in [1.82, 2.24) is 10.2 Å². The Bertz CT molecular complexity index is 966. The zero-order valence-corrected chi connectivity index (χ0v) is 19.7. The largest absolute Gasteiger partial charge is 0.381 e. The van der Waals surface area contributed by atoms with E-state index in [-0.39, 0.29) is 17.8 Å². The van der Waals surface area contributed by atoms with Gasteiger partial charge in [-0.25, -0.2) is 4.39 Å². The Labute approximate surface area is 195 Å². The molecule has 2 heterocycles. The highest BCUT2D eigenvalue weighted by Crippen LogP contribution is 2.37. The Morgan fingerprint density at radius 3 is 2.66 bits per heavy atom. The number of hydrogen-bond donors (Lipinski definition) is 1. The average molecular weight is 459 g/mol. The van der Waals surface area contributed by atoms with Crippen LogP contribution in [0.15, 0.2) is 36.4 Å². The molecular formula is C26H32ClFN2O2. The smallest absolute Gasteiger partial charge is 0.226 e. The first kappa shape index (κ1) is 23.2. The number of aryl methyl sites for hydroxylation is 1.